The summed E-state index contributed by atoms with van der Waals surface area (Å²) >= 11 is 1.05. The number of carbonyl (C=O) groups is 2. The fourth-order valence-corrected chi connectivity index (χ4v) is 6.80. The number of carbonyl (C=O) groups excluding carboxylic acids is 2. The molecule has 1 aliphatic rings. The first-order valence-corrected chi connectivity index (χ1v) is 12.6. The van der Waals surface area contributed by atoms with Crippen LogP contribution in [0.2, 0.25) is 0 Å². The maximum absolute atomic E-state index is 12.8. The summed E-state index contributed by atoms with van der Waals surface area (Å²) in [4.78, 5) is 38.6. The number of anilines is 1. The molecule has 1 N–H and O–H groups in total. The number of hydrogen-bond acceptors (Lipinski definition) is 8. The van der Waals surface area contributed by atoms with Gasteiger partial charge in [-0.2, -0.15) is 5.10 Å². The average molecular weight is 476 g/mol. The lowest BCUT2D eigenvalue weighted by atomic mass is 10.1. The molecule has 1 aromatic carbocycles. The molecule has 11 heteroatoms. The number of nitrogens with one attached hydrogen (secondary N) is 1. The first-order valence-electron chi connectivity index (χ1n) is 9.98. The Labute approximate surface area is 187 Å². The van der Waals surface area contributed by atoms with Gasteiger partial charge in [-0.1, -0.05) is 18.2 Å². The summed E-state index contributed by atoms with van der Waals surface area (Å²) in [6, 6.07) is 7.01. The number of fused-ring (bicyclic) bond motifs is 2. The van der Waals surface area contributed by atoms with Gasteiger partial charge in [0, 0.05) is 10.3 Å². The van der Waals surface area contributed by atoms with Crippen LogP contribution in [0.3, 0.4) is 0 Å². The molecule has 2 aromatic heterocycles. The third kappa shape index (κ3) is 4.17. The molecule has 0 saturated carbocycles. The second-order valence-electron chi connectivity index (χ2n) is 7.41. The quantitative estimate of drug-likeness (QED) is 0.560. The Balaban J connectivity index is 1.66. The van der Waals surface area contributed by atoms with Gasteiger partial charge in [-0.15, -0.1) is 11.3 Å². The van der Waals surface area contributed by atoms with Crippen molar-refractivity contribution in [1.29, 1.82) is 0 Å². The van der Waals surface area contributed by atoms with Crippen molar-refractivity contribution in [3.8, 4) is 0 Å². The highest BCUT2D eigenvalue weighted by Gasteiger charge is 2.32. The number of thiophene rings is 1. The molecular weight excluding hydrogens is 454 g/mol. The Morgan fingerprint density at radius 3 is 2.69 bits per heavy atom. The van der Waals surface area contributed by atoms with Gasteiger partial charge >= 0.3 is 5.97 Å². The molecule has 0 radical (unpaired) electrons. The normalized spacial score (nSPS) is 14.7. The Hall–Kier alpha value is -3.05. The van der Waals surface area contributed by atoms with Crippen LogP contribution in [0, 0.1) is 6.92 Å². The number of sulfone groups is 1. The van der Waals surface area contributed by atoms with E-state index in [9.17, 15) is 22.8 Å². The van der Waals surface area contributed by atoms with Crippen LogP contribution in [0.25, 0.3) is 10.8 Å². The van der Waals surface area contributed by atoms with Gasteiger partial charge in [0.05, 0.1) is 34.8 Å². The average Bonchev–Trinajstić information content (AvgIpc) is 3.07. The number of aromatic nitrogens is 2. The van der Waals surface area contributed by atoms with Crippen molar-refractivity contribution in [1.82, 2.24) is 9.78 Å². The predicted molar refractivity (Wildman–Crippen MR) is 121 cm³/mol. The number of amides is 1. The van der Waals surface area contributed by atoms with Gasteiger partial charge in [0.25, 0.3) is 5.56 Å². The first kappa shape index (κ1) is 22.2. The zero-order chi connectivity index (χ0) is 23.0. The third-order valence-corrected chi connectivity index (χ3v) is 8.07. The minimum atomic E-state index is -3.26. The van der Waals surface area contributed by atoms with Gasteiger partial charge in [0.1, 0.15) is 11.5 Å². The van der Waals surface area contributed by atoms with Crippen LogP contribution in [-0.4, -0.2) is 42.4 Å². The first-order chi connectivity index (χ1) is 15.2. The van der Waals surface area contributed by atoms with Crippen molar-refractivity contribution in [3.63, 3.8) is 0 Å². The Kier molecular flexibility index (Phi) is 5.87. The van der Waals surface area contributed by atoms with E-state index in [0.717, 1.165) is 16.0 Å². The van der Waals surface area contributed by atoms with Crippen LogP contribution in [0.15, 0.2) is 29.1 Å². The van der Waals surface area contributed by atoms with E-state index in [2.05, 4.69) is 10.4 Å². The smallest absolute Gasteiger partial charge is 0.341 e. The second kappa shape index (κ2) is 8.47. The lowest BCUT2D eigenvalue weighted by molar-refractivity contribution is -0.116. The minimum absolute atomic E-state index is 0.0633. The predicted octanol–water partition coefficient (Wildman–Crippen LogP) is 2.05. The minimum Gasteiger partial charge on any atom is -0.462 e. The van der Waals surface area contributed by atoms with E-state index in [0.29, 0.717) is 26.9 Å². The molecule has 32 heavy (non-hydrogen) atoms. The molecule has 3 heterocycles. The summed E-state index contributed by atoms with van der Waals surface area (Å²) in [5, 5.41) is 8.28. The third-order valence-electron chi connectivity index (χ3n) is 5.18. The fraction of sp³-hybridized carbons (Fsp3) is 0.333. The molecule has 0 unspecified atom stereocenters. The van der Waals surface area contributed by atoms with Crippen molar-refractivity contribution < 1.29 is 22.7 Å². The van der Waals surface area contributed by atoms with Crippen molar-refractivity contribution in [2.24, 2.45) is 0 Å². The molecule has 1 aliphatic heterocycles. The van der Waals surface area contributed by atoms with Crippen LogP contribution < -0.4 is 10.9 Å². The summed E-state index contributed by atoms with van der Waals surface area (Å²) in [5.41, 5.74) is 0.987. The highest BCUT2D eigenvalue weighted by atomic mass is 32.2. The van der Waals surface area contributed by atoms with E-state index in [1.807, 2.05) is 6.07 Å². The van der Waals surface area contributed by atoms with Crippen molar-refractivity contribution >= 4 is 48.8 Å². The van der Waals surface area contributed by atoms with Crippen LogP contribution in [-0.2, 0) is 38.1 Å². The lowest BCUT2D eigenvalue weighted by Crippen LogP contribution is -2.30. The SMILES string of the molecule is CCOC(=O)c1c(NC(=O)Cn2nc(C)c3ccccc3c2=O)sc2c1CCS(=O)(=O)C2. The number of ether oxygens (including phenoxy) is 1. The molecule has 0 spiro atoms. The maximum atomic E-state index is 12.8. The van der Waals surface area contributed by atoms with Crippen molar-refractivity contribution in [3.05, 3.63) is 56.3 Å². The van der Waals surface area contributed by atoms with Crippen molar-refractivity contribution in [2.75, 3.05) is 17.7 Å². The molecule has 9 nitrogen and oxygen atoms in total. The standard InChI is InChI=1S/C21H21N3O6S2/c1-3-30-21(27)18-15-8-9-32(28,29)11-16(15)31-19(18)22-17(25)10-24-20(26)14-7-5-4-6-13(14)12(2)23-24/h4-7H,3,8-11H2,1-2H3,(H,22,25). The Morgan fingerprint density at radius 2 is 1.97 bits per heavy atom. The van der Waals surface area contributed by atoms with E-state index >= 15 is 0 Å². The van der Waals surface area contributed by atoms with Crippen molar-refractivity contribution in [2.45, 2.75) is 32.6 Å². The number of esters is 1. The van der Waals surface area contributed by atoms with Gasteiger partial charge in [0.15, 0.2) is 9.84 Å². The fourth-order valence-electron chi connectivity index (χ4n) is 3.74. The topological polar surface area (TPSA) is 124 Å². The molecule has 168 valence electrons. The van der Waals surface area contributed by atoms with E-state index in [1.54, 1.807) is 32.0 Å². The van der Waals surface area contributed by atoms with Gasteiger partial charge < -0.3 is 10.1 Å². The van der Waals surface area contributed by atoms with E-state index in [-0.39, 0.29) is 41.6 Å². The number of aryl methyl sites for hydroxylation is 1. The van der Waals surface area contributed by atoms with E-state index in [4.69, 9.17) is 4.74 Å². The highest BCUT2D eigenvalue weighted by molar-refractivity contribution is 7.90. The van der Waals surface area contributed by atoms with Gasteiger partial charge in [0.2, 0.25) is 5.91 Å². The summed E-state index contributed by atoms with van der Waals surface area (Å²) < 4.78 is 30.3. The molecular formula is C21H21N3O6S2. The molecule has 4 rings (SSSR count). The lowest BCUT2D eigenvalue weighted by Gasteiger charge is -2.13. The number of nitrogens with zero attached hydrogens (tertiary/aromatic N) is 2. The molecule has 0 aliphatic carbocycles. The van der Waals surface area contributed by atoms with Crippen LogP contribution in [0.4, 0.5) is 5.00 Å². The highest BCUT2D eigenvalue weighted by Crippen LogP contribution is 2.38. The maximum Gasteiger partial charge on any atom is 0.341 e. The summed E-state index contributed by atoms with van der Waals surface area (Å²) in [5.74, 6) is -1.41. The number of benzene rings is 1. The molecule has 0 fully saturated rings. The molecule has 0 saturated heterocycles. The van der Waals surface area contributed by atoms with E-state index < -0.39 is 27.3 Å². The van der Waals surface area contributed by atoms with Crippen LogP contribution in [0.5, 0.6) is 0 Å². The largest absolute Gasteiger partial charge is 0.462 e. The van der Waals surface area contributed by atoms with E-state index in [1.165, 1.54) is 0 Å². The van der Waals surface area contributed by atoms with Crippen LogP contribution in [0.1, 0.15) is 33.4 Å². The zero-order valence-corrected chi connectivity index (χ0v) is 19.1. The van der Waals surface area contributed by atoms with Crippen LogP contribution >= 0.6 is 11.3 Å². The second-order valence-corrected chi connectivity index (χ2v) is 10.7. The Bertz CT molecular complexity index is 1400. The number of rotatable bonds is 5. The molecule has 3 aromatic rings. The monoisotopic (exact) mass is 475 g/mol. The molecule has 0 atom stereocenters. The Morgan fingerprint density at radius 1 is 1.25 bits per heavy atom. The zero-order valence-electron chi connectivity index (χ0n) is 17.5. The van der Waals surface area contributed by atoms with Gasteiger partial charge in [-0.3, -0.25) is 9.59 Å². The summed E-state index contributed by atoms with van der Waals surface area (Å²) in [7, 11) is -3.26. The summed E-state index contributed by atoms with van der Waals surface area (Å²) in [6.45, 7) is 3.21. The van der Waals surface area contributed by atoms with Gasteiger partial charge in [-0.05, 0) is 31.9 Å². The van der Waals surface area contributed by atoms with Gasteiger partial charge in [-0.25, -0.2) is 17.9 Å². The number of hydrogen-bond donors (Lipinski definition) is 1. The summed E-state index contributed by atoms with van der Waals surface area (Å²) in [6.07, 6.45) is 0.184. The molecule has 0 bridgehead atoms. The molecule has 1 amide bonds.